The first kappa shape index (κ1) is 18.3. The lowest BCUT2D eigenvalue weighted by Gasteiger charge is -2.21. The van der Waals surface area contributed by atoms with E-state index in [1.807, 2.05) is 7.05 Å². The van der Waals surface area contributed by atoms with Gasteiger partial charge >= 0.3 is 0 Å². The van der Waals surface area contributed by atoms with E-state index in [1.165, 1.54) is 24.8 Å². The molecule has 2 N–H and O–H groups in total. The second-order valence-electron chi connectivity index (χ2n) is 8.36. The van der Waals surface area contributed by atoms with Gasteiger partial charge < -0.3 is 15.5 Å². The van der Waals surface area contributed by atoms with Crippen LogP contribution in [0.1, 0.15) is 50.0 Å². The van der Waals surface area contributed by atoms with Gasteiger partial charge in [-0.25, -0.2) is 0 Å². The number of amides is 1. The Balaban J connectivity index is 1.20. The van der Waals surface area contributed by atoms with Crippen molar-refractivity contribution in [2.24, 2.45) is 16.8 Å². The highest BCUT2D eigenvalue weighted by Crippen LogP contribution is 2.46. The molecule has 3 aliphatic rings. The van der Waals surface area contributed by atoms with Gasteiger partial charge in [0.25, 0.3) is 0 Å². The van der Waals surface area contributed by atoms with Crippen LogP contribution in [0.2, 0.25) is 0 Å². The van der Waals surface area contributed by atoms with Crippen LogP contribution in [0, 0.1) is 11.8 Å². The average Bonchev–Trinajstić information content (AvgIpc) is 3.09. The molecule has 3 atom stereocenters. The molecule has 1 heterocycles. The molecule has 3 fully saturated rings. The zero-order valence-electron chi connectivity index (χ0n) is 16.4. The fourth-order valence-electron chi connectivity index (χ4n) is 4.71. The maximum atomic E-state index is 12.6. The summed E-state index contributed by atoms with van der Waals surface area (Å²) in [6, 6.07) is 11.1. The van der Waals surface area contributed by atoms with Crippen LogP contribution in [0.25, 0.3) is 0 Å². The Hall–Kier alpha value is -2.04. The van der Waals surface area contributed by atoms with Crippen molar-refractivity contribution in [3.63, 3.8) is 0 Å². The molecule has 0 spiro atoms. The van der Waals surface area contributed by atoms with E-state index in [2.05, 4.69) is 50.9 Å². The van der Waals surface area contributed by atoms with Gasteiger partial charge in [-0.3, -0.25) is 9.79 Å². The number of nitrogens with one attached hydrogen (secondary N) is 2. The molecule has 1 amide bonds. The van der Waals surface area contributed by atoms with Crippen molar-refractivity contribution in [3.8, 4) is 0 Å². The van der Waals surface area contributed by atoms with Gasteiger partial charge in [0.1, 0.15) is 0 Å². The molecule has 1 aromatic rings. The number of hydrogen-bond acceptors (Lipinski definition) is 2. The van der Waals surface area contributed by atoms with Gasteiger partial charge in [-0.1, -0.05) is 43.2 Å². The van der Waals surface area contributed by atoms with Crippen molar-refractivity contribution in [2.45, 2.75) is 50.5 Å². The third-order valence-electron chi connectivity index (χ3n) is 6.45. The van der Waals surface area contributed by atoms with Crippen LogP contribution in [-0.2, 0) is 4.79 Å². The molecular formula is C22H32N4O. The number of carbonyl (C=O) groups excluding carboxylic acids is 1. The summed E-state index contributed by atoms with van der Waals surface area (Å²) in [5, 5.41) is 7.02. The molecule has 5 heteroatoms. The number of carbonyl (C=O) groups is 1. The lowest BCUT2D eigenvalue weighted by atomic mass is 10.1. The molecule has 1 aromatic carbocycles. The van der Waals surface area contributed by atoms with Crippen LogP contribution in [0.4, 0.5) is 0 Å². The molecule has 0 aromatic heterocycles. The lowest BCUT2D eigenvalue weighted by molar-refractivity contribution is -0.134. The monoisotopic (exact) mass is 368 g/mol. The summed E-state index contributed by atoms with van der Waals surface area (Å²) >= 11 is 0. The van der Waals surface area contributed by atoms with Crippen molar-refractivity contribution >= 4 is 11.9 Å². The van der Waals surface area contributed by atoms with E-state index in [4.69, 9.17) is 0 Å². The van der Waals surface area contributed by atoms with Crippen molar-refractivity contribution in [1.29, 1.82) is 0 Å². The summed E-state index contributed by atoms with van der Waals surface area (Å²) in [6.07, 6.45) is 6.86. The van der Waals surface area contributed by atoms with Crippen molar-refractivity contribution in [2.75, 3.05) is 26.7 Å². The van der Waals surface area contributed by atoms with E-state index in [0.717, 1.165) is 44.9 Å². The van der Waals surface area contributed by atoms with Gasteiger partial charge in [-0.05, 0) is 43.1 Å². The van der Waals surface area contributed by atoms with E-state index in [1.54, 1.807) is 0 Å². The van der Waals surface area contributed by atoms with Gasteiger partial charge in [-0.2, -0.15) is 0 Å². The molecule has 27 heavy (non-hydrogen) atoms. The minimum absolute atomic E-state index is 0.283. The van der Waals surface area contributed by atoms with Crippen molar-refractivity contribution in [3.05, 3.63) is 35.9 Å². The zero-order valence-corrected chi connectivity index (χ0v) is 16.4. The number of nitrogens with zero attached hydrogens (tertiary/aromatic N) is 2. The minimum Gasteiger partial charge on any atom is -0.356 e. The normalized spacial score (nSPS) is 28.4. The van der Waals surface area contributed by atoms with E-state index in [0.29, 0.717) is 23.8 Å². The number of hydrogen-bond donors (Lipinski definition) is 2. The fourth-order valence-corrected chi connectivity index (χ4v) is 4.71. The van der Waals surface area contributed by atoms with Gasteiger partial charge in [0.05, 0.1) is 0 Å². The molecule has 2 aliphatic carbocycles. The van der Waals surface area contributed by atoms with Crippen LogP contribution in [0.5, 0.6) is 0 Å². The highest BCUT2D eigenvalue weighted by molar-refractivity contribution is 5.81. The summed E-state index contributed by atoms with van der Waals surface area (Å²) in [7, 11) is 1.83. The third-order valence-corrected chi connectivity index (χ3v) is 6.45. The number of benzene rings is 1. The first-order valence-electron chi connectivity index (χ1n) is 10.6. The average molecular weight is 369 g/mol. The SMILES string of the molecule is CN=C(NCC1CC1c1ccccc1)NC1CCN(C(=O)C2CCCC2)C1. The fraction of sp³-hybridized carbons (Fsp3) is 0.636. The second-order valence-corrected chi connectivity index (χ2v) is 8.36. The molecule has 146 valence electrons. The Morgan fingerprint density at radius 3 is 2.70 bits per heavy atom. The molecule has 1 saturated heterocycles. The quantitative estimate of drug-likeness (QED) is 0.621. The maximum Gasteiger partial charge on any atom is 0.225 e. The summed E-state index contributed by atoms with van der Waals surface area (Å²) < 4.78 is 0. The first-order chi connectivity index (χ1) is 13.2. The molecule has 1 aliphatic heterocycles. The first-order valence-corrected chi connectivity index (χ1v) is 10.6. The smallest absolute Gasteiger partial charge is 0.225 e. The minimum atomic E-state index is 0.283. The molecule has 4 rings (SSSR count). The van der Waals surface area contributed by atoms with Gasteiger partial charge in [0.2, 0.25) is 5.91 Å². The molecule has 0 radical (unpaired) electrons. The van der Waals surface area contributed by atoms with Crippen LogP contribution in [-0.4, -0.2) is 49.5 Å². The number of rotatable bonds is 5. The Morgan fingerprint density at radius 1 is 1.19 bits per heavy atom. The predicted molar refractivity (Wildman–Crippen MR) is 109 cm³/mol. The summed E-state index contributed by atoms with van der Waals surface area (Å²) in [5.74, 6) is 2.90. The standard InChI is InChI=1S/C22H32N4O/c1-23-22(24-14-18-13-20(18)16-7-3-2-4-8-16)25-19-11-12-26(15-19)21(27)17-9-5-6-10-17/h2-4,7-8,17-20H,5-6,9-15H2,1H3,(H2,23,24,25). The summed E-state index contributed by atoms with van der Waals surface area (Å²) in [6.45, 7) is 2.64. The predicted octanol–water partition coefficient (Wildman–Crippen LogP) is 2.75. The Morgan fingerprint density at radius 2 is 1.96 bits per heavy atom. The summed E-state index contributed by atoms with van der Waals surface area (Å²) in [4.78, 5) is 19.0. The van der Waals surface area contributed by atoms with Gasteiger partial charge in [0, 0.05) is 38.6 Å². The lowest BCUT2D eigenvalue weighted by Crippen LogP contribution is -2.46. The highest BCUT2D eigenvalue weighted by Gasteiger charge is 2.38. The van der Waals surface area contributed by atoms with E-state index >= 15 is 0 Å². The van der Waals surface area contributed by atoms with E-state index in [9.17, 15) is 4.79 Å². The number of guanidine groups is 1. The zero-order chi connectivity index (χ0) is 18.6. The second kappa shape index (κ2) is 8.32. The van der Waals surface area contributed by atoms with Crippen LogP contribution in [0.15, 0.2) is 35.3 Å². The molecule has 3 unspecified atom stereocenters. The van der Waals surface area contributed by atoms with E-state index < -0.39 is 0 Å². The third kappa shape index (κ3) is 4.45. The van der Waals surface area contributed by atoms with Crippen molar-refractivity contribution < 1.29 is 4.79 Å². The molecule has 0 bridgehead atoms. The van der Waals surface area contributed by atoms with E-state index in [-0.39, 0.29) is 5.92 Å². The number of aliphatic imine (C=N–C) groups is 1. The highest BCUT2D eigenvalue weighted by atomic mass is 16.2. The largest absolute Gasteiger partial charge is 0.356 e. The molecule has 5 nitrogen and oxygen atoms in total. The maximum absolute atomic E-state index is 12.6. The van der Waals surface area contributed by atoms with Gasteiger partial charge in [-0.15, -0.1) is 0 Å². The van der Waals surface area contributed by atoms with Crippen LogP contribution in [0.3, 0.4) is 0 Å². The van der Waals surface area contributed by atoms with Crippen LogP contribution >= 0.6 is 0 Å². The van der Waals surface area contributed by atoms with Gasteiger partial charge in [0.15, 0.2) is 5.96 Å². The Labute approximate surface area is 162 Å². The topological polar surface area (TPSA) is 56.7 Å². The summed E-state index contributed by atoms with van der Waals surface area (Å²) in [5.41, 5.74) is 1.45. The number of likely N-dealkylation sites (tertiary alicyclic amines) is 1. The van der Waals surface area contributed by atoms with Crippen LogP contribution < -0.4 is 10.6 Å². The van der Waals surface area contributed by atoms with Crippen molar-refractivity contribution in [1.82, 2.24) is 15.5 Å². The molecule has 2 saturated carbocycles. The molecular weight excluding hydrogens is 336 g/mol. The Bertz CT molecular complexity index is 668. The Kier molecular flexibility index (Phi) is 5.65.